The lowest BCUT2D eigenvalue weighted by Crippen LogP contribution is -2.32. The van der Waals surface area contributed by atoms with Crippen molar-refractivity contribution in [2.24, 2.45) is 11.8 Å². The molecule has 0 saturated carbocycles. The van der Waals surface area contributed by atoms with Gasteiger partial charge in [-0.2, -0.15) is 0 Å². The second kappa shape index (κ2) is 7.68. The molecule has 0 radical (unpaired) electrons. The van der Waals surface area contributed by atoms with Crippen LogP contribution in [0.2, 0.25) is 0 Å². The molecule has 0 aliphatic carbocycles. The van der Waals surface area contributed by atoms with Crippen molar-refractivity contribution >= 4 is 11.9 Å². The summed E-state index contributed by atoms with van der Waals surface area (Å²) in [4.78, 5) is 23.8. The molecule has 0 bridgehead atoms. The molecule has 0 aliphatic rings. The largest absolute Gasteiger partial charge is 0.469 e. The SMILES string of the molecule is COC(=O)C(CC(C)C)C(C)OC(=O)c1ccccc1. The van der Waals surface area contributed by atoms with E-state index in [1.54, 1.807) is 31.2 Å². The van der Waals surface area contributed by atoms with Crippen molar-refractivity contribution < 1.29 is 19.1 Å². The standard InChI is InChI=1S/C16H22O4/c1-11(2)10-14(16(18)19-4)12(3)20-15(17)13-8-6-5-7-9-13/h5-9,11-12,14H,10H2,1-4H3. The van der Waals surface area contributed by atoms with Crippen LogP contribution in [0, 0.1) is 11.8 Å². The summed E-state index contributed by atoms with van der Waals surface area (Å²) in [7, 11) is 1.35. The average Bonchev–Trinajstić information content (AvgIpc) is 2.44. The first kappa shape index (κ1) is 16.2. The number of carbonyl (C=O) groups excluding carboxylic acids is 2. The van der Waals surface area contributed by atoms with E-state index in [-0.39, 0.29) is 5.97 Å². The molecule has 110 valence electrons. The molecule has 0 aromatic heterocycles. The van der Waals surface area contributed by atoms with E-state index in [1.165, 1.54) is 7.11 Å². The van der Waals surface area contributed by atoms with Crippen LogP contribution in [0.25, 0.3) is 0 Å². The van der Waals surface area contributed by atoms with Gasteiger partial charge in [0.05, 0.1) is 18.6 Å². The van der Waals surface area contributed by atoms with Gasteiger partial charge in [-0.15, -0.1) is 0 Å². The first-order valence-corrected chi connectivity index (χ1v) is 6.79. The van der Waals surface area contributed by atoms with Crippen molar-refractivity contribution in [1.29, 1.82) is 0 Å². The van der Waals surface area contributed by atoms with E-state index >= 15 is 0 Å². The Balaban J connectivity index is 2.73. The Morgan fingerprint density at radius 3 is 2.20 bits per heavy atom. The highest BCUT2D eigenvalue weighted by Crippen LogP contribution is 2.20. The molecule has 4 heteroatoms. The normalized spacial score (nSPS) is 13.7. The van der Waals surface area contributed by atoms with Crippen LogP contribution in [0.5, 0.6) is 0 Å². The average molecular weight is 278 g/mol. The molecule has 1 aromatic rings. The molecule has 0 saturated heterocycles. The zero-order valence-electron chi connectivity index (χ0n) is 12.5. The summed E-state index contributed by atoms with van der Waals surface area (Å²) in [5, 5.41) is 0. The molecule has 1 rings (SSSR count). The van der Waals surface area contributed by atoms with E-state index in [0.29, 0.717) is 17.9 Å². The fourth-order valence-corrected chi connectivity index (χ4v) is 2.03. The molecule has 0 N–H and O–H groups in total. The second-order valence-corrected chi connectivity index (χ2v) is 5.24. The van der Waals surface area contributed by atoms with Gasteiger partial charge in [0.1, 0.15) is 6.10 Å². The number of methoxy groups -OCH3 is 1. The molecule has 1 aromatic carbocycles. The minimum Gasteiger partial charge on any atom is -0.469 e. The van der Waals surface area contributed by atoms with Gasteiger partial charge in [-0.05, 0) is 31.4 Å². The van der Waals surface area contributed by atoms with Gasteiger partial charge in [-0.25, -0.2) is 4.79 Å². The summed E-state index contributed by atoms with van der Waals surface area (Å²) in [5.74, 6) is -0.882. The molecule has 0 aliphatic heterocycles. The van der Waals surface area contributed by atoms with Crippen molar-refractivity contribution in [3.05, 3.63) is 35.9 Å². The number of carbonyl (C=O) groups is 2. The lowest BCUT2D eigenvalue weighted by Gasteiger charge is -2.23. The van der Waals surface area contributed by atoms with Crippen molar-refractivity contribution in [3.63, 3.8) is 0 Å². The Morgan fingerprint density at radius 2 is 1.70 bits per heavy atom. The summed E-state index contributed by atoms with van der Waals surface area (Å²) in [5.41, 5.74) is 0.479. The van der Waals surface area contributed by atoms with E-state index in [0.717, 1.165) is 0 Å². The molecule has 2 atom stereocenters. The number of ether oxygens (including phenoxy) is 2. The number of benzene rings is 1. The van der Waals surface area contributed by atoms with Crippen LogP contribution in [0.4, 0.5) is 0 Å². The predicted molar refractivity (Wildman–Crippen MR) is 76.3 cm³/mol. The molecule has 2 unspecified atom stereocenters. The third kappa shape index (κ3) is 4.68. The van der Waals surface area contributed by atoms with Gasteiger partial charge in [-0.1, -0.05) is 32.0 Å². The maximum absolute atomic E-state index is 12.0. The zero-order valence-corrected chi connectivity index (χ0v) is 12.5. The summed E-state index contributed by atoms with van der Waals surface area (Å²) in [6.45, 7) is 5.76. The minimum atomic E-state index is -0.516. The Labute approximate surface area is 120 Å². The Morgan fingerprint density at radius 1 is 1.10 bits per heavy atom. The van der Waals surface area contributed by atoms with E-state index in [2.05, 4.69) is 0 Å². The van der Waals surface area contributed by atoms with Crippen LogP contribution in [0.3, 0.4) is 0 Å². The highest BCUT2D eigenvalue weighted by atomic mass is 16.6. The molecular formula is C16H22O4. The monoisotopic (exact) mass is 278 g/mol. The van der Waals surface area contributed by atoms with Gasteiger partial charge < -0.3 is 9.47 Å². The highest BCUT2D eigenvalue weighted by Gasteiger charge is 2.29. The van der Waals surface area contributed by atoms with Gasteiger partial charge in [0.15, 0.2) is 0 Å². The number of hydrogen-bond donors (Lipinski definition) is 0. The lowest BCUT2D eigenvalue weighted by molar-refractivity contribution is -0.149. The van der Waals surface area contributed by atoms with Gasteiger partial charge >= 0.3 is 11.9 Å². The van der Waals surface area contributed by atoms with E-state index in [9.17, 15) is 9.59 Å². The zero-order chi connectivity index (χ0) is 15.1. The summed E-state index contributed by atoms with van der Waals surface area (Å²) < 4.78 is 10.2. The van der Waals surface area contributed by atoms with Gasteiger partial charge in [-0.3, -0.25) is 4.79 Å². The smallest absolute Gasteiger partial charge is 0.338 e. The molecule has 4 nitrogen and oxygen atoms in total. The summed E-state index contributed by atoms with van der Waals surface area (Å²) >= 11 is 0. The Bertz CT molecular complexity index is 439. The Kier molecular flexibility index (Phi) is 6.22. The summed E-state index contributed by atoms with van der Waals surface area (Å²) in [6.07, 6.45) is 0.105. The first-order chi connectivity index (χ1) is 9.45. The molecule has 0 heterocycles. The van der Waals surface area contributed by atoms with E-state index in [1.807, 2.05) is 19.9 Å². The fourth-order valence-electron chi connectivity index (χ4n) is 2.03. The third-order valence-electron chi connectivity index (χ3n) is 3.10. The van der Waals surface area contributed by atoms with Crippen LogP contribution < -0.4 is 0 Å². The summed E-state index contributed by atoms with van der Waals surface area (Å²) in [6, 6.07) is 8.74. The maximum Gasteiger partial charge on any atom is 0.338 e. The predicted octanol–water partition coefficient (Wildman–Crippen LogP) is 3.07. The first-order valence-electron chi connectivity index (χ1n) is 6.79. The van der Waals surface area contributed by atoms with E-state index < -0.39 is 18.0 Å². The third-order valence-corrected chi connectivity index (χ3v) is 3.10. The van der Waals surface area contributed by atoms with Crippen molar-refractivity contribution in [2.75, 3.05) is 7.11 Å². The van der Waals surface area contributed by atoms with Crippen molar-refractivity contribution in [3.8, 4) is 0 Å². The maximum atomic E-state index is 12.0. The molecular weight excluding hydrogens is 256 g/mol. The van der Waals surface area contributed by atoms with E-state index in [4.69, 9.17) is 9.47 Å². The molecule has 0 spiro atoms. The quantitative estimate of drug-likeness (QED) is 0.750. The van der Waals surface area contributed by atoms with Crippen molar-refractivity contribution in [1.82, 2.24) is 0 Å². The number of esters is 2. The second-order valence-electron chi connectivity index (χ2n) is 5.24. The molecule has 20 heavy (non-hydrogen) atoms. The minimum absolute atomic E-state index is 0.317. The fraction of sp³-hybridized carbons (Fsp3) is 0.500. The number of hydrogen-bond acceptors (Lipinski definition) is 4. The van der Waals surface area contributed by atoms with Gasteiger partial charge in [0, 0.05) is 0 Å². The number of rotatable bonds is 6. The lowest BCUT2D eigenvalue weighted by atomic mass is 9.93. The Hall–Kier alpha value is -1.84. The topological polar surface area (TPSA) is 52.6 Å². The van der Waals surface area contributed by atoms with Crippen LogP contribution in [-0.4, -0.2) is 25.2 Å². The molecule has 0 fully saturated rings. The van der Waals surface area contributed by atoms with Crippen LogP contribution >= 0.6 is 0 Å². The van der Waals surface area contributed by atoms with Gasteiger partial charge in [0.2, 0.25) is 0 Å². The van der Waals surface area contributed by atoms with Crippen LogP contribution in [0.15, 0.2) is 30.3 Å². The van der Waals surface area contributed by atoms with Gasteiger partial charge in [0.25, 0.3) is 0 Å². The highest BCUT2D eigenvalue weighted by molar-refractivity contribution is 5.89. The van der Waals surface area contributed by atoms with Crippen molar-refractivity contribution in [2.45, 2.75) is 33.3 Å². The molecule has 0 amide bonds. The van der Waals surface area contributed by atoms with Crippen LogP contribution in [-0.2, 0) is 14.3 Å². The van der Waals surface area contributed by atoms with Crippen LogP contribution in [0.1, 0.15) is 37.6 Å².